The van der Waals surface area contributed by atoms with E-state index in [2.05, 4.69) is 29.1 Å². The van der Waals surface area contributed by atoms with Gasteiger partial charge in [0.15, 0.2) is 5.96 Å². The smallest absolute Gasteiger partial charge is 0.193 e. The fraction of sp³-hybridized carbons (Fsp3) is 0.941. The number of aliphatic imine (C=N–C) groups is 1. The number of ether oxygens (including phenoxy) is 1. The van der Waals surface area contributed by atoms with Gasteiger partial charge in [-0.1, -0.05) is 0 Å². The molecule has 0 amide bonds. The fourth-order valence-electron chi connectivity index (χ4n) is 4.96. The van der Waals surface area contributed by atoms with Gasteiger partial charge in [0.05, 0.1) is 18.8 Å². The molecule has 0 radical (unpaired) electrons. The normalized spacial score (nSPS) is 39.7. The van der Waals surface area contributed by atoms with Crippen LogP contribution in [0.4, 0.5) is 0 Å². The van der Waals surface area contributed by atoms with Crippen LogP contribution in [0.3, 0.4) is 0 Å². The third-order valence-electron chi connectivity index (χ3n) is 6.21. The van der Waals surface area contributed by atoms with Crippen LogP contribution in [0.25, 0.3) is 0 Å². The number of nitrogens with zero attached hydrogens (tertiary/aromatic N) is 3. The molecule has 4 fully saturated rings. The summed E-state index contributed by atoms with van der Waals surface area (Å²) in [4.78, 5) is 9.93. The molecule has 0 aromatic rings. The summed E-state index contributed by atoms with van der Waals surface area (Å²) in [5, 5.41) is 3.52. The van der Waals surface area contributed by atoms with E-state index in [-0.39, 0.29) is 24.0 Å². The summed E-state index contributed by atoms with van der Waals surface area (Å²) in [5.41, 5.74) is 0. The Hall–Kier alpha value is -0.0800. The minimum atomic E-state index is 0. The highest BCUT2D eigenvalue weighted by Gasteiger charge is 2.53. The Balaban J connectivity index is 0.00000156. The average molecular weight is 434 g/mol. The molecule has 0 aliphatic carbocycles. The van der Waals surface area contributed by atoms with Crippen molar-refractivity contribution < 1.29 is 4.74 Å². The molecule has 5 atom stereocenters. The van der Waals surface area contributed by atoms with Gasteiger partial charge in [0.2, 0.25) is 0 Å². The van der Waals surface area contributed by atoms with E-state index in [1.165, 1.54) is 32.2 Å². The Labute approximate surface area is 157 Å². The molecule has 0 aromatic heterocycles. The van der Waals surface area contributed by atoms with Crippen LogP contribution in [0.5, 0.6) is 0 Å². The number of likely N-dealkylation sites (N-methyl/N-ethyl adjacent to an activating group) is 1. The highest BCUT2D eigenvalue weighted by molar-refractivity contribution is 14.0. The number of nitrogens with one attached hydrogen (secondary N) is 1. The van der Waals surface area contributed by atoms with Crippen molar-refractivity contribution in [1.29, 1.82) is 0 Å². The van der Waals surface area contributed by atoms with Crippen molar-refractivity contribution in [2.75, 3.05) is 39.8 Å². The zero-order valence-corrected chi connectivity index (χ0v) is 16.7. The number of halogens is 1. The van der Waals surface area contributed by atoms with Gasteiger partial charge in [-0.15, -0.1) is 24.0 Å². The first-order chi connectivity index (χ1) is 10.8. The second-order valence-electron chi connectivity index (χ2n) is 7.49. The fourth-order valence-corrected chi connectivity index (χ4v) is 4.96. The average Bonchev–Trinajstić information content (AvgIpc) is 3.25. The van der Waals surface area contributed by atoms with E-state index >= 15 is 0 Å². The molecule has 0 spiro atoms. The van der Waals surface area contributed by atoms with Crippen LogP contribution in [0.2, 0.25) is 0 Å². The quantitative estimate of drug-likeness (QED) is 0.418. The molecule has 132 valence electrons. The molecule has 5 unspecified atom stereocenters. The van der Waals surface area contributed by atoms with E-state index in [1.54, 1.807) is 0 Å². The molecule has 4 aliphatic rings. The first-order valence-electron chi connectivity index (χ1n) is 9.15. The monoisotopic (exact) mass is 434 g/mol. The molecule has 4 saturated heterocycles. The van der Waals surface area contributed by atoms with Gasteiger partial charge in [0, 0.05) is 37.5 Å². The molecule has 0 saturated carbocycles. The van der Waals surface area contributed by atoms with Crippen molar-refractivity contribution in [3.63, 3.8) is 0 Å². The topological polar surface area (TPSA) is 40.1 Å². The van der Waals surface area contributed by atoms with Gasteiger partial charge in [0.1, 0.15) is 0 Å². The first kappa shape index (κ1) is 17.7. The number of rotatable bonds is 3. The molecule has 5 nitrogen and oxygen atoms in total. The van der Waals surface area contributed by atoms with Crippen molar-refractivity contribution in [1.82, 2.24) is 15.1 Å². The zero-order chi connectivity index (χ0) is 15.1. The van der Waals surface area contributed by atoms with Crippen LogP contribution >= 0.6 is 24.0 Å². The van der Waals surface area contributed by atoms with Crippen molar-refractivity contribution in [3.05, 3.63) is 0 Å². The second-order valence-corrected chi connectivity index (χ2v) is 7.49. The molecule has 2 bridgehead atoms. The summed E-state index contributed by atoms with van der Waals surface area (Å²) in [6, 6.07) is 0.635. The van der Waals surface area contributed by atoms with Crippen LogP contribution in [0.1, 0.15) is 32.6 Å². The van der Waals surface area contributed by atoms with Gasteiger partial charge in [-0.25, -0.2) is 0 Å². The highest BCUT2D eigenvalue weighted by Crippen LogP contribution is 2.47. The Morgan fingerprint density at radius 2 is 1.87 bits per heavy atom. The molecular weight excluding hydrogens is 403 g/mol. The summed E-state index contributed by atoms with van der Waals surface area (Å²) in [6.07, 6.45) is 6.23. The molecule has 4 heterocycles. The Morgan fingerprint density at radius 1 is 1.17 bits per heavy atom. The van der Waals surface area contributed by atoms with Crippen molar-refractivity contribution in [3.8, 4) is 0 Å². The minimum absolute atomic E-state index is 0. The lowest BCUT2D eigenvalue weighted by atomic mass is 9.82. The third-order valence-corrected chi connectivity index (χ3v) is 6.21. The summed E-state index contributed by atoms with van der Waals surface area (Å²) in [7, 11) is 2.23. The van der Waals surface area contributed by atoms with Crippen molar-refractivity contribution in [2.24, 2.45) is 16.8 Å². The number of hydrogen-bond donors (Lipinski definition) is 1. The van der Waals surface area contributed by atoms with Gasteiger partial charge < -0.3 is 19.9 Å². The second kappa shape index (κ2) is 7.44. The molecule has 6 heteroatoms. The zero-order valence-electron chi connectivity index (χ0n) is 14.4. The summed E-state index contributed by atoms with van der Waals surface area (Å²) in [6.45, 7) is 7.56. The van der Waals surface area contributed by atoms with Gasteiger partial charge >= 0.3 is 0 Å². The predicted octanol–water partition coefficient (Wildman–Crippen LogP) is 1.77. The van der Waals surface area contributed by atoms with Crippen LogP contribution < -0.4 is 5.32 Å². The number of likely N-dealkylation sites (tertiary alicyclic amines) is 2. The van der Waals surface area contributed by atoms with E-state index in [9.17, 15) is 0 Å². The Morgan fingerprint density at radius 3 is 2.43 bits per heavy atom. The van der Waals surface area contributed by atoms with Crippen LogP contribution in [0, 0.1) is 11.8 Å². The van der Waals surface area contributed by atoms with Crippen molar-refractivity contribution >= 4 is 29.9 Å². The van der Waals surface area contributed by atoms with E-state index in [4.69, 9.17) is 9.73 Å². The summed E-state index contributed by atoms with van der Waals surface area (Å²) in [5.74, 6) is 2.63. The lowest BCUT2D eigenvalue weighted by molar-refractivity contribution is 0.0767. The molecule has 1 N–H and O–H groups in total. The molecule has 4 aliphatic heterocycles. The van der Waals surface area contributed by atoms with E-state index in [0.717, 1.165) is 44.0 Å². The van der Waals surface area contributed by atoms with Gasteiger partial charge in [-0.05, 0) is 46.2 Å². The number of hydrogen-bond acceptors (Lipinski definition) is 3. The van der Waals surface area contributed by atoms with Crippen LogP contribution in [-0.4, -0.2) is 73.8 Å². The molecular formula is C17H31IN4O. The Bertz CT molecular complexity index is 428. The van der Waals surface area contributed by atoms with Gasteiger partial charge in [0.25, 0.3) is 0 Å². The maximum Gasteiger partial charge on any atom is 0.193 e. The Kier molecular flexibility index (Phi) is 5.73. The minimum Gasteiger partial charge on any atom is -0.374 e. The van der Waals surface area contributed by atoms with E-state index in [0.29, 0.717) is 18.2 Å². The standard InChI is InChI=1S/C17H30N4O.HI/c1-3-18-17(19-9-12-5-4-8-20(12)2)21-10-13-14(11-21)16-7-6-15(13)22-16;/h12-16H,3-11H2,1-2H3,(H,18,19);1H. The molecule has 4 rings (SSSR count). The maximum atomic E-state index is 6.09. The third kappa shape index (κ3) is 3.35. The number of fused-ring (bicyclic) bond motifs is 5. The maximum absolute atomic E-state index is 6.09. The summed E-state index contributed by atoms with van der Waals surface area (Å²) < 4.78 is 6.09. The van der Waals surface area contributed by atoms with E-state index in [1.807, 2.05) is 0 Å². The largest absolute Gasteiger partial charge is 0.374 e. The number of guanidine groups is 1. The lowest BCUT2D eigenvalue weighted by Gasteiger charge is -2.24. The van der Waals surface area contributed by atoms with Crippen molar-refractivity contribution in [2.45, 2.75) is 50.9 Å². The summed E-state index contributed by atoms with van der Waals surface area (Å²) >= 11 is 0. The first-order valence-corrected chi connectivity index (χ1v) is 9.15. The molecule has 23 heavy (non-hydrogen) atoms. The van der Waals surface area contributed by atoms with Crippen LogP contribution in [-0.2, 0) is 4.74 Å². The van der Waals surface area contributed by atoms with Crippen LogP contribution in [0.15, 0.2) is 4.99 Å². The highest BCUT2D eigenvalue weighted by atomic mass is 127. The predicted molar refractivity (Wildman–Crippen MR) is 103 cm³/mol. The lowest BCUT2D eigenvalue weighted by Crippen LogP contribution is -2.42. The van der Waals surface area contributed by atoms with Gasteiger partial charge in [-0.2, -0.15) is 0 Å². The SMILES string of the molecule is CCNC(=NCC1CCCN1C)N1CC2C3CCC(O3)C2C1.I. The van der Waals surface area contributed by atoms with E-state index < -0.39 is 0 Å². The molecule has 0 aromatic carbocycles. The van der Waals surface area contributed by atoms with Gasteiger partial charge in [-0.3, -0.25) is 4.99 Å².